The van der Waals surface area contributed by atoms with Crippen LogP contribution in [0.25, 0.3) is 0 Å². The maximum Gasteiger partial charge on any atom is 0.243 e. The van der Waals surface area contributed by atoms with Crippen molar-refractivity contribution in [3.8, 4) is 0 Å². The highest BCUT2D eigenvalue weighted by Crippen LogP contribution is 2.30. The van der Waals surface area contributed by atoms with Gasteiger partial charge < -0.3 is 15.5 Å². The second kappa shape index (κ2) is 9.15. The third-order valence-electron chi connectivity index (χ3n) is 4.57. The Hall–Kier alpha value is -2.09. The molecule has 0 aromatic heterocycles. The van der Waals surface area contributed by atoms with Crippen LogP contribution in [0.4, 0.5) is 11.4 Å². The Morgan fingerprint density at radius 3 is 2.52 bits per heavy atom. The predicted molar refractivity (Wildman–Crippen MR) is 117 cm³/mol. The topological polar surface area (TPSA) is 78.5 Å². The lowest BCUT2D eigenvalue weighted by Crippen LogP contribution is -2.40. The Labute approximate surface area is 186 Å². The van der Waals surface area contributed by atoms with E-state index in [2.05, 4.69) is 26.6 Å². The van der Waals surface area contributed by atoms with Crippen molar-refractivity contribution in [1.29, 1.82) is 0 Å². The summed E-state index contributed by atoms with van der Waals surface area (Å²) in [6.45, 7) is 2.02. The SMILES string of the molecule is Cc1cc(Br)ccc1NC(=O)CNC(=O)[C@H]1CCN(c2cc(Cl)cc(Cl)c2)C1=O. The molecule has 0 aliphatic carbocycles. The van der Waals surface area contributed by atoms with Gasteiger partial charge in [-0.25, -0.2) is 0 Å². The number of rotatable bonds is 5. The molecule has 1 aliphatic heterocycles. The molecule has 2 N–H and O–H groups in total. The van der Waals surface area contributed by atoms with Gasteiger partial charge in [-0.05, 0) is 55.3 Å². The number of aryl methyl sites for hydroxylation is 1. The molecule has 29 heavy (non-hydrogen) atoms. The zero-order valence-corrected chi connectivity index (χ0v) is 18.6. The van der Waals surface area contributed by atoms with Crippen LogP contribution in [0.1, 0.15) is 12.0 Å². The van der Waals surface area contributed by atoms with Gasteiger partial charge in [0.2, 0.25) is 17.7 Å². The zero-order chi connectivity index (χ0) is 21.1. The van der Waals surface area contributed by atoms with Crippen molar-refractivity contribution < 1.29 is 14.4 Å². The molecule has 1 atom stereocenters. The van der Waals surface area contributed by atoms with Crippen LogP contribution in [-0.2, 0) is 14.4 Å². The molecule has 9 heteroatoms. The molecular weight excluding hydrogens is 481 g/mol. The standard InChI is InChI=1S/C20H18BrCl2N3O3/c1-11-6-12(21)2-3-17(11)25-18(27)10-24-19(28)16-4-5-26(20(16)29)15-8-13(22)7-14(23)9-15/h2-3,6-9,16H,4-5,10H2,1H3,(H,24,28)(H,25,27)/t16-/m1/s1. The lowest BCUT2D eigenvalue weighted by Gasteiger charge is -2.17. The molecule has 6 nitrogen and oxygen atoms in total. The second-order valence-electron chi connectivity index (χ2n) is 6.68. The van der Waals surface area contributed by atoms with E-state index in [1.165, 1.54) is 4.90 Å². The van der Waals surface area contributed by atoms with E-state index in [0.717, 1.165) is 10.0 Å². The molecule has 3 amide bonds. The van der Waals surface area contributed by atoms with Crippen molar-refractivity contribution in [2.24, 2.45) is 5.92 Å². The van der Waals surface area contributed by atoms with Gasteiger partial charge >= 0.3 is 0 Å². The third kappa shape index (κ3) is 5.29. The summed E-state index contributed by atoms with van der Waals surface area (Å²) in [6, 6.07) is 10.3. The fourth-order valence-corrected chi connectivity index (χ4v) is 4.12. The monoisotopic (exact) mass is 497 g/mol. The lowest BCUT2D eigenvalue weighted by molar-refractivity contribution is -0.133. The maximum atomic E-state index is 12.7. The van der Waals surface area contributed by atoms with Crippen molar-refractivity contribution in [2.75, 3.05) is 23.3 Å². The van der Waals surface area contributed by atoms with E-state index in [1.54, 1.807) is 24.3 Å². The van der Waals surface area contributed by atoms with Crippen LogP contribution in [-0.4, -0.2) is 30.8 Å². The Kier molecular flexibility index (Phi) is 6.82. The van der Waals surface area contributed by atoms with E-state index in [1.807, 2.05) is 19.1 Å². The summed E-state index contributed by atoms with van der Waals surface area (Å²) < 4.78 is 0.909. The quantitative estimate of drug-likeness (QED) is 0.607. The summed E-state index contributed by atoms with van der Waals surface area (Å²) in [5.74, 6) is -2.04. The molecule has 2 aromatic carbocycles. The number of nitrogens with zero attached hydrogens (tertiary/aromatic N) is 1. The third-order valence-corrected chi connectivity index (χ3v) is 5.50. The Balaban J connectivity index is 1.57. The number of anilines is 2. The number of amides is 3. The Morgan fingerprint density at radius 1 is 1.17 bits per heavy atom. The van der Waals surface area contributed by atoms with Gasteiger partial charge in [0.1, 0.15) is 5.92 Å². The zero-order valence-electron chi connectivity index (χ0n) is 15.5. The van der Waals surface area contributed by atoms with Gasteiger partial charge in [-0.1, -0.05) is 39.1 Å². The minimum atomic E-state index is -0.852. The minimum Gasteiger partial charge on any atom is -0.346 e. The summed E-state index contributed by atoms with van der Waals surface area (Å²) in [5, 5.41) is 6.10. The van der Waals surface area contributed by atoms with E-state index in [4.69, 9.17) is 23.2 Å². The molecule has 0 bridgehead atoms. The Bertz CT molecular complexity index is 963. The number of carbonyl (C=O) groups excluding carboxylic acids is 3. The van der Waals surface area contributed by atoms with Gasteiger partial charge in [0.25, 0.3) is 0 Å². The molecule has 1 aliphatic rings. The summed E-state index contributed by atoms with van der Waals surface area (Å²) in [4.78, 5) is 38.7. The van der Waals surface area contributed by atoms with Crippen LogP contribution in [0.15, 0.2) is 40.9 Å². The van der Waals surface area contributed by atoms with E-state index >= 15 is 0 Å². The molecule has 1 heterocycles. The first-order valence-corrected chi connectivity index (χ1v) is 10.4. The van der Waals surface area contributed by atoms with E-state index in [-0.39, 0.29) is 18.4 Å². The minimum absolute atomic E-state index is 0.221. The molecule has 0 unspecified atom stereocenters. The van der Waals surface area contributed by atoms with Gasteiger partial charge in [0.05, 0.1) is 6.54 Å². The number of hydrogen-bond donors (Lipinski definition) is 2. The first-order valence-electron chi connectivity index (χ1n) is 8.86. The summed E-state index contributed by atoms with van der Waals surface area (Å²) in [5.41, 5.74) is 2.10. The van der Waals surface area contributed by atoms with Crippen molar-refractivity contribution in [2.45, 2.75) is 13.3 Å². The van der Waals surface area contributed by atoms with Crippen LogP contribution in [0, 0.1) is 12.8 Å². The first kappa shape index (κ1) is 21.6. The van der Waals surface area contributed by atoms with Crippen LogP contribution in [0.2, 0.25) is 10.0 Å². The number of halogens is 3. The molecule has 1 fully saturated rings. The van der Waals surface area contributed by atoms with Crippen molar-refractivity contribution >= 4 is 68.2 Å². The predicted octanol–water partition coefficient (Wildman–Crippen LogP) is 4.17. The van der Waals surface area contributed by atoms with E-state index in [9.17, 15) is 14.4 Å². The van der Waals surface area contributed by atoms with Crippen LogP contribution >= 0.6 is 39.1 Å². The molecule has 0 saturated carbocycles. The Morgan fingerprint density at radius 2 is 1.86 bits per heavy atom. The van der Waals surface area contributed by atoms with Gasteiger partial charge in [-0.2, -0.15) is 0 Å². The van der Waals surface area contributed by atoms with Crippen LogP contribution < -0.4 is 15.5 Å². The molecule has 3 rings (SSSR count). The molecule has 0 radical (unpaired) electrons. The van der Waals surface area contributed by atoms with Gasteiger partial charge in [-0.3, -0.25) is 14.4 Å². The summed E-state index contributed by atoms with van der Waals surface area (Å²) >= 11 is 15.4. The molecular formula is C20H18BrCl2N3O3. The number of carbonyl (C=O) groups is 3. The maximum absolute atomic E-state index is 12.7. The van der Waals surface area contributed by atoms with Gasteiger partial charge in [0, 0.05) is 32.4 Å². The van der Waals surface area contributed by atoms with Crippen molar-refractivity contribution in [3.05, 3.63) is 56.5 Å². The molecule has 1 saturated heterocycles. The first-order chi connectivity index (χ1) is 13.7. The van der Waals surface area contributed by atoms with Gasteiger partial charge in [0.15, 0.2) is 0 Å². The highest BCUT2D eigenvalue weighted by atomic mass is 79.9. The fraction of sp³-hybridized carbons (Fsp3) is 0.250. The van der Waals surface area contributed by atoms with Crippen molar-refractivity contribution in [1.82, 2.24) is 5.32 Å². The average Bonchev–Trinajstić information content (AvgIpc) is 3.03. The molecule has 2 aromatic rings. The fourth-order valence-electron chi connectivity index (χ4n) is 3.13. The smallest absolute Gasteiger partial charge is 0.243 e. The van der Waals surface area contributed by atoms with Gasteiger partial charge in [-0.15, -0.1) is 0 Å². The molecule has 0 spiro atoms. The highest BCUT2D eigenvalue weighted by Gasteiger charge is 2.37. The second-order valence-corrected chi connectivity index (χ2v) is 8.47. The number of hydrogen-bond acceptors (Lipinski definition) is 3. The molecule has 152 valence electrons. The van der Waals surface area contributed by atoms with Crippen molar-refractivity contribution in [3.63, 3.8) is 0 Å². The van der Waals surface area contributed by atoms with E-state index < -0.39 is 11.8 Å². The number of benzene rings is 2. The normalized spacial score (nSPS) is 16.1. The number of nitrogens with one attached hydrogen (secondary N) is 2. The van der Waals surface area contributed by atoms with E-state index in [0.29, 0.717) is 34.4 Å². The average molecular weight is 499 g/mol. The van der Waals surface area contributed by atoms with Crippen LogP contribution in [0.5, 0.6) is 0 Å². The largest absolute Gasteiger partial charge is 0.346 e. The van der Waals surface area contributed by atoms with Crippen LogP contribution in [0.3, 0.4) is 0 Å². The summed E-state index contributed by atoms with van der Waals surface area (Å²) in [7, 11) is 0. The summed E-state index contributed by atoms with van der Waals surface area (Å²) in [6.07, 6.45) is 0.349. The lowest BCUT2D eigenvalue weighted by atomic mass is 10.1. The highest BCUT2D eigenvalue weighted by molar-refractivity contribution is 9.10.